The van der Waals surface area contributed by atoms with Crippen molar-refractivity contribution in [2.75, 3.05) is 11.9 Å². The molecule has 9 heteroatoms. The van der Waals surface area contributed by atoms with Crippen LogP contribution in [0.1, 0.15) is 22.3 Å². The lowest BCUT2D eigenvalue weighted by molar-refractivity contribution is 0.0943. The first-order valence-electron chi connectivity index (χ1n) is 9.74. The predicted molar refractivity (Wildman–Crippen MR) is 120 cm³/mol. The Bertz CT molecular complexity index is 1220. The molecule has 0 radical (unpaired) electrons. The van der Waals surface area contributed by atoms with Gasteiger partial charge in [0.05, 0.1) is 23.6 Å². The molecule has 2 N–H and O–H groups in total. The number of aromatic nitrogens is 4. The highest BCUT2D eigenvalue weighted by atomic mass is 35.5. The lowest BCUT2D eigenvalue weighted by atomic mass is 10.1. The number of nitrogens with zero attached hydrogens (tertiary/aromatic N) is 4. The van der Waals surface area contributed by atoms with Gasteiger partial charge in [0, 0.05) is 17.6 Å². The van der Waals surface area contributed by atoms with Crippen LogP contribution in [0.25, 0.3) is 16.8 Å². The van der Waals surface area contributed by atoms with Crippen molar-refractivity contribution in [3.05, 3.63) is 77.6 Å². The van der Waals surface area contributed by atoms with Crippen molar-refractivity contribution in [3.8, 4) is 5.69 Å². The molecule has 1 amide bonds. The summed E-state index contributed by atoms with van der Waals surface area (Å²) < 4.78 is 5.65. The van der Waals surface area contributed by atoms with Crippen LogP contribution in [0.15, 0.2) is 65.9 Å². The number of anilines is 1. The van der Waals surface area contributed by atoms with Crippen LogP contribution >= 0.6 is 11.6 Å². The van der Waals surface area contributed by atoms with Gasteiger partial charge < -0.3 is 15.1 Å². The van der Waals surface area contributed by atoms with E-state index in [0.29, 0.717) is 46.4 Å². The van der Waals surface area contributed by atoms with E-state index in [1.54, 1.807) is 36.7 Å². The van der Waals surface area contributed by atoms with Crippen molar-refractivity contribution in [2.45, 2.75) is 19.4 Å². The largest absolute Gasteiger partial charge is 0.424 e. The van der Waals surface area contributed by atoms with E-state index in [0.717, 1.165) is 5.56 Å². The number of halogens is 1. The molecular weight excluding hydrogens is 416 g/mol. The van der Waals surface area contributed by atoms with Crippen molar-refractivity contribution in [3.63, 3.8) is 0 Å². The lowest BCUT2D eigenvalue weighted by Gasteiger charge is -2.16. The second-order valence-electron chi connectivity index (χ2n) is 7.00. The number of hydrogen-bond donors (Lipinski definition) is 2. The molecule has 0 saturated heterocycles. The summed E-state index contributed by atoms with van der Waals surface area (Å²) in [6.45, 7) is 6.30. The summed E-state index contributed by atoms with van der Waals surface area (Å²) in [6.07, 6.45) is 5.43. The maximum atomic E-state index is 13.0. The Morgan fingerprint density at radius 1 is 1.26 bits per heavy atom. The van der Waals surface area contributed by atoms with E-state index < -0.39 is 0 Å². The number of carbonyl (C=O) groups excluding carboxylic acids is 1. The van der Waals surface area contributed by atoms with Crippen LogP contribution in [0.2, 0.25) is 5.02 Å². The molecule has 158 valence electrons. The quantitative estimate of drug-likeness (QED) is 0.402. The maximum absolute atomic E-state index is 13.0. The smallest absolute Gasteiger partial charge is 0.295 e. The highest BCUT2D eigenvalue weighted by Crippen LogP contribution is 2.22. The summed E-state index contributed by atoms with van der Waals surface area (Å²) in [5.74, 6) is -0.225. The Kier molecular flexibility index (Phi) is 5.99. The van der Waals surface area contributed by atoms with Gasteiger partial charge in [0.1, 0.15) is 5.52 Å². The standard InChI is InChI=1S/C22H21ClN6O2/c1-3-16(8-9-24-22-28-18-13-15(23)5-7-20(18)31-22)27-21(30)17-12-14(2)4-6-19(17)29-25-10-11-26-29/h3-7,10-13,16H,1,8-9H2,2H3,(H,24,28)(H,27,30)/t16-/m1/s1. The molecule has 2 aromatic carbocycles. The molecule has 31 heavy (non-hydrogen) atoms. The second kappa shape index (κ2) is 9.01. The maximum Gasteiger partial charge on any atom is 0.295 e. The number of nitrogens with one attached hydrogen (secondary N) is 2. The summed E-state index contributed by atoms with van der Waals surface area (Å²) in [5.41, 5.74) is 3.41. The van der Waals surface area contributed by atoms with Crippen LogP contribution in [0.3, 0.4) is 0 Å². The Labute approximate surface area is 183 Å². The normalized spacial score (nSPS) is 11.9. The average molecular weight is 437 g/mol. The van der Waals surface area contributed by atoms with Crippen molar-refractivity contribution in [1.29, 1.82) is 0 Å². The Morgan fingerprint density at radius 2 is 2.06 bits per heavy atom. The molecule has 0 bridgehead atoms. The van der Waals surface area contributed by atoms with Gasteiger partial charge in [0.25, 0.3) is 11.9 Å². The molecule has 0 fully saturated rings. The first-order valence-corrected chi connectivity index (χ1v) is 10.1. The predicted octanol–water partition coefficient (Wildman–Crippen LogP) is 4.16. The van der Waals surface area contributed by atoms with Crippen LogP contribution in [0.5, 0.6) is 0 Å². The zero-order valence-corrected chi connectivity index (χ0v) is 17.6. The molecule has 0 unspecified atom stereocenters. The monoisotopic (exact) mass is 436 g/mol. The number of carbonyl (C=O) groups is 1. The molecule has 2 heterocycles. The second-order valence-corrected chi connectivity index (χ2v) is 7.44. The Balaban J connectivity index is 1.40. The van der Waals surface area contributed by atoms with Crippen molar-refractivity contribution >= 4 is 34.6 Å². The summed E-state index contributed by atoms with van der Waals surface area (Å²) in [5, 5.41) is 15.0. The van der Waals surface area contributed by atoms with Gasteiger partial charge in [0.15, 0.2) is 5.58 Å². The van der Waals surface area contributed by atoms with Gasteiger partial charge in [-0.3, -0.25) is 4.79 Å². The van der Waals surface area contributed by atoms with Gasteiger partial charge in [-0.1, -0.05) is 29.3 Å². The van der Waals surface area contributed by atoms with Crippen LogP contribution in [-0.4, -0.2) is 38.5 Å². The van der Waals surface area contributed by atoms with E-state index in [-0.39, 0.29) is 11.9 Å². The number of benzene rings is 2. The van der Waals surface area contributed by atoms with Crippen LogP contribution in [0.4, 0.5) is 6.01 Å². The first-order chi connectivity index (χ1) is 15.0. The first kappa shape index (κ1) is 20.6. The highest BCUT2D eigenvalue weighted by molar-refractivity contribution is 6.31. The molecule has 1 atom stereocenters. The third-order valence-electron chi connectivity index (χ3n) is 4.71. The van der Waals surface area contributed by atoms with Crippen molar-refractivity contribution < 1.29 is 9.21 Å². The summed E-state index contributed by atoms with van der Waals surface area (Å²) in [7, 11) is 0. The minimum atomic E-state index is -0.252. The van der Waals surface area contributed by atoms with Gasteiger partial charge in [0.2, 0.25) is 0 Å². The topological polar surface area (TPSA) is 97.9 Å². The number of fused-ring (bicyclic) bond motifs is 1. The van der Waals surface area contributed by atoms with Gasteiger partial charge in [-0.15, -0.1) is 6.58 Å². The Hall–Kier alpha value is -3.65. The molecule has 0 aliphatic heterocycles. The molecule has 4 rings (SSSR count). The third-order valence-corrected chi connectivity index (χ3v) is 4.95. The SMILES string of the molecule is C=C[C@H](CCNc1nc2cc(Cl)ccc2o1)NC(=O)c1cc(C)ccc1-n1nccn1. The van der Waals surface area contributed by atoms with Crippen molar-refractivity contribution in [1.82, 2.24) is 25.3 Å². The zero-order chi connectivity index (χ0) is 21.8. The molecule has 8 nitrogen and oxygen atoms in total. The van der Waals surface area contributed by atoms with Gasteiger partial charge in [-0.2, -0.15) is 20.0 Å². The summed E-state index contributed by atoms with van der Waals surface area (Å²) in [4.78, 5) is 18.8. The van der Waals surface area contributed by atoms with E-state index in [2.05, 4.69) is 32.4 Å². The molecule has 0 aliphatic rings. The fourth-order valence-electron chi connectivity index (χ4n) is 3.15. The fraction of sp³-hybridized carbons (Fsp3) is 0.182. The van der Waals surface area contributed by atoms with Crippen LogP contribution in [0, 0.1) is 6.92 Å². The van der Waals surface area contributed by atoms with E-state index in [1.807, 2.05) is 25.1 Å². The minimum absolute atomic E-state index is 0.225. The highest BCUT2D eigenvalue weighted by Gasteiger charge is 2.17. The summed E-state index contributed by atoms with van der Waals surface area (Å²) >= 11 is 5.98. The molecule has 0 aliphatic carbocycles. The Morgan fingerprint density at radius 3 is 2.84 bits per heavy atom. The van der Waals surface area contributed by atoms with Crippen LogP contribution in [-0.2, 0) is 0 Å². The number of oxazole rings is 1. The van der Waals surface area contributed by atoms with E-state index in [1.165, 1.54) is 4.80 Å². The minimum Gasteiger partial charge on any atom is -0.424 e. The fourth-order valence-corrected chi connectivity index (χ4v) is 3.32. The number of hydrogen-bond acceptors (Lipinski definition) is 6. The van der Waals surface area contributed by atoms with E-state index >= 15 is 0 Å². The van der Waals surface area contributed by atoms with Gasteiger partial charge in [-0.25, -0.2) is 0 Å². The number of aryl methyl sites for hydroxylation is 1. The number of rotatable bonds is 8. The summed E-state index contributed by atoms with van der Waals surface area (Å²) in [6, 6.07) is 11.0. The zero-order valence-electron chi connectivity index (χ0n) is 16.9. The van der Waals surface area contributed by atoms with Crippen LogP contribution < -0.4 is 10.6 Å². The van der Waals surface area contributed by atoms with E-state index in [9.17, 15) is 4.79 Å². The molecular formula is C22H21ClN6O2. The third kappa shape index (κ3) is 4.75. The lowest BCUT2D eigenvalue weighted by Crippen LogP contribution is -2.35. The molecule has 0 saturated carbocycles. The number of amides is 1. The average Bonchev–Trinajstić information content (AvgIpc) is 3.42. The molecule has 2 aromatic heterocycles. The molecule has 0 spiro atoms. The van der Waals surface area contributed by atoms with Gasteiger partial charge in [-0.05, 0) is 43.7 Å². The molecule has 4 aromatic rings. The van der Waals surface area contributed by atoms with Gasteiger partial charge >= 0.3 is 0 Å². The van der Waals surface area contributed by atoms with Crippen molar-refractivity contribution in [2.24, 2.45) is 0 Å². The van der Waals surface area contributed by atoms with E-state index in [4.69, 9.17) is 16.0 Å².